The number of likely N-dealkylation sites (tertiary alicyclic amines) is 1. The molecule has 2 aromatic rings. The molecule has 1 amide bonds. The molecule has 1 aromatic heterocycles. The van der Waals surface area contributed by atoms with Crippen LogP contribution >= 0.6 is 0 Å². The lowest BCUT2D eigenvalue weighted by Gasteiger charge is -2.20. The van der Waals surface area contributed by atoms with E-state index in [0.717, 1.165) is 44.4 Å². The van der Waals surface area contributed by atoms with Gasteiger partial charge in [0.1, 0.15) is 5.82 Å². The van der Waals surface area contributed by atoms with Crippen LogP contribution in [0, 0.1) is 12.8 Å². The van der Waals surface area contributed by atoms with Crippen molar-refractivity contribution in [3.8, 4) is 0 Å². The largest absolute Gasteiger partial charge is 0.357 e. The molecule has 2 heterocycles. The van der Waals surface area contributed by atoms with Crippen LogP contribution in [0.3, 0.4) is 0 Å². The number of hydrogen-bond acceptors (Lipinski definition) is 3. The summed E-state index contributed by atoms with van der Waals surface area (Å²) >= 11 is 0. The SMILES string of the molecule is CCNC(=NCc1cccc(Cn2ccnc2C)c1)NC1CCN(C(=O)C(C)C)C1. The van der Waals surface area contributed by atoms with Crippen LogP contribution in [0.1, 0.15) is 44.1 Å². The molecule has 0 aliphatic carbocycles. The van der Waals surface area contributed by atoms with Crippen molar-refractivity contribution in [3.05, 3.63) is 53.6 Å². The number of aliphatic imine (C=N–C) groups is 1. The van der Waals surface area contributed by atoms with E-state index in [-0.39, 0.29) is 17.9 Å². The zero-order chi connectivity index (χ0) is 21.5. The van der Waals surface area contributed by atoms with Gasteiger partial charge in [0.15, 0.2) is 5.96 Å². The van der Waals surface area contributed by atoms with E-state index < -0.39 is 0 Å². The summed E-state index contributed by atoms with van der Waals surface area (Å²) in [5.41, 5.74) is 2.41. The van der Waals surface area contributed by atoms with Gasteiger partial charge < -0.3 is 20.1 Å². The number of rotatable bonds is 7. The topological polar surface area (TPSA) is 74.6 Å². The summed E-state index contributed by atoms with van der Waals surface area (Å²) in [5, 5.41) is 6.83. The molecule has 162 valence electrons. The summed E-state index contributed by atoms with van der Waals surface area (Å²) in [4.78, 5) is 23.2. The summed E-state index contributed by atoms with van der Waals surface area (Å²) in [6.07, 6.45) is 4.78. The number of aryl methyl sites for hydroxylation is 1. The summed E-state index contributed by atoms with van der Waals surface area (Å²) in [5.74, 6) is 2.09. The Bertz CT molecular complexity index is 872. The molecule has 1 fully saturated rings. The molecule has 30 heavy (non-hydrogen) atoms. The average Bonchev–Trinajstić information content (AvgIpc) is 3.35. The lowest BCUT2D eigenvalue weighted by atomic mass is 10.1. The fourth-order valence-corrected chi connectivity index (χ4v) is 3.72. The Hall–Kier alpha value is -2.83. The molecule has 3 rings (SSSR count). The van der Waals surface area contributed by atoms with E-state index in [1.165, 1.54) is 11.1 Å². The van der Waals surface area contributed by atoms with E-state index in [9.17, 15) is 4.79 Å². The first-order valence-electron chi connectivity index (χ1n) is 10.9. The molecule has 0 saturated carbocycles. The minimum Gasteiger partial charge on any atom is -0.357 e. The van der Waals surface area contributed by atoms with Gasteiger partial charge in [-0.05, 0) is 31.4 Å². The second-order valence-corrected chi connectivity index (χ2v) is 8.19. The molecule has 1 aliphatic rings. The number of benzene rings is 1. The van der Waals surface area contributed by atoms with Crippen molar-refractivity contribution in [3.63, 3.8) is 0 Å². The van der Waals surface area contributed by atoms with Gasteiger partial charge in [-0.25, -0.2) is 9.98 Å². The van der Waals surface area contributed by atoms with Gasteiger partial charge >= 0.3 is 0 Å². The monoisotopic (exact) mass is 410 g/mol. The third kappa shape index (κ3) is 5.84. The second-order valence-electron chi connectivity index (χ2n) is 8.19. The van der Waals surface area contributed by atoms with Gasteiger partial charge in [-0.3, -0.25) is 4.79 Å². The van der Waals surface area contributed by atoms with Gasteiger partial charge in [-0.15, -0.1) is 0 Å². The molecule has 0 spiro atoms. The van der Waals surface area contributed by atoms with Crippen LogP contribution in [-0.4, -0.2) is 52.0 Å². The highest BCUT2D eigenvalue weighted by atomic mass is 16.2. The predicted octanol–water partition coefficient (Wildman–Crippen LogP) is 2.55. The maximum Gasteiger partial charge on any atom is 0.225 e. The fraction of sp³-hybridized carbons (Fsp3) is 0.522. The van der Waals surface area contributed by atoms with Gasteiger partial charge in [0, 0.05) is 50.5 Å². The number of hydrogen-bond donors (Lipinski definition) is 2. The second kappa shape index (κ2) is 10.3. The van der Waals surface area contributed by atoms with Crippen molar-refractivity contribution in [2.75, 3.05) is 19.6 Å². The van der Waals surface area contributed by atoms with Crippen molar-refractivity contribution in [1.29, 1.82) is 0 Å². The molecule has 1 unspecified atom stereocenters. The fourth-order valence-electron chi connectivity index (χ4n) is 3.72. The van der Waals surface area contributed by atoms with Crippen LogP contribution < -0.4 is 10.6 Å². The molecule has 7 heteroatoms. The summed E-state index contributed by atoms with van der Waals surface area (Å²) < 4.78 is 2.14. The Morgan fingerprint density at radius 2 is 2.13 bits per heavy atom. The first kappa shape index (κ1) is 21.9. The van der Waals surface area contributed by atoms with Gasteiger partial charge in [0.25, 0.3) is 0 Å². The standard InChI is InChI=1S/C23H34N6O/c1-5-24-23(27-21-9-11-29(16-21)22(30)17(2)3)26-14-19-7-6-8-20(13-19)15-28-12-10-25-18(28)4/h6-8,10,12-13,17,21H,5,9,11,14-16H2,1-4H3,(H2,24,26,27). The van der Waals surface area contributed by atoms with E-state index in [0.29, 0.717) is 6.54 Å². The first-order valence-corrected chi connectivity index (χ1v) is 10.9. The highest BCUT2D eigenvalue weighted by molar-refractivity contribution is 5.81. The van der Waals surface area contributed by atoms with E-state index in [4.69, 9.17) is 4.99 Å². The number of nitrogens with zero attached hydrogens (tertiary/aromatic N) is 4. The summed E-state index contributed by atoms with van der Waals surface area (Å²) in [6, 6.07) is 8.76. The Morgan fingerprint density at radius 1 is 1.33 bits per heavy atom. The van der Waals surface area contributed by atoms with Crippen LogP contribution in [0.25, 0.3) is 0 Å². The number of guanidine groups is 1. The number of amides is 1. The molecular weight excluding hydrogens is 376 g/mol. The van der Waals surface area contributed by atoms with Crippen LogP contribution in [0.2, 0.25) is 0 Å². The van der Waals surface area contributed by atoms with Gasteiger partial charge in [-0.1, -0.05) is 38.1 Å². The smallest absolute Gasteiger partial charge is 0.225 e. The molecular formula is C23H34N6O. The summed E-state index contributed by atoms with van der Waals surface area (Å²) in [7, 11) is 0. The molecule has 0 bridgehead atoms. The van der Waals surface area contributed by atoms with E-state index in [1.54, 1.807) is 0 Å². The number of carbonyl (C=O) groups excluding carboxylic acids is 1. The Balaban J connectivity index is 1.60. The Morgan fingerprint density at radius 3 is 2.83 bits per heavy atom. The molecule has 1 atom stereocenters. The zero-order valence-corrected chi connectivity index (χ0v) is 18.6. The highest BCUT2D eigenvalue weighted by Gasteiger charge is 2.27. The quantitative estimate of drug-likeness (QED) is 0.543. The van der Waals surface area contributed by atoms with Crippen LogP contribution in [0.15, 0.2) is 41.7 Å². The van der Waals surface area contributed by atoms with Crippen molar-refractivity contribution in [1.82, 2.24) is 25.1 Å². The third-order valence-corrected chi connectivity index (χ3v) is 5.37. The Kier molecular flexibility index (Phi) is 7.49. The number of carbonyl (C=O) groups is 1. The predicted molar refractivity (Wildman–Crippen MR) is 120 cm³/mol. The molecule has 0 radical (unpaired) electrons. The summed E-state index contributed by atoms with van der Waals surface area (Å²) in [6.45, 7) is 11.7. The van der Waals surface area contributed by atoms with Crippen molar-refractivity contribution >= 4 is 11.9 Å². The van der Waals surface area contributed by atoms with Crippen molar-refractivity contribution < 1.29 is 4.79 Å². The van der Waals surface area contributed by atoms with E-state index in [2.05, 4.69) is 51.4 Å². The Labute approximate surface area is 179 Å². The van der Waals surface area contributed by atoms with Crippen LogP contribution in [0.4, 0.5) is 0 Å². The molecule has 1 saturated heterocycles. The molecule has 2 N–H and O–H groups in total. The van der Waals surface area contributed by atoms with Gasteiger partial charge in [-0.2, -0.15) is 0 Å². The minimum atomic E-state index is 0.0454. The zero-order valence-electron chi connectivity index (χ0n) is 18.6. The maximum atomic E-state index is 12.2. The third-order valence-electron chi connectivity index (χ3n) is 5.37. The lowest BCUT2D eigenvalue weighted by molar-refractivity contribution is -0.133. The normalized spacial score (nSPS) is 16.9. The van der Waals surface area contributed by atoms with E-state index in [1.807, 2.05) is 38.1 Å². The van der Waals surface area contributed by atoms with Crippen molar-refractivity contribution in [2.24, 2.45) is 10.9 Å². The number of aromatic nitrogens is 2. The highest BCUT2D eigenvalue weighted by Crippen LogP contribution is 2.13. The maximum absolute atomic E-state index is 12.2. The van der Waals surface area contributed by atoms with Gasteiger partial charge in [0.05, 0.1) is 6.54 Å². The minimum absolute atomic E-state index is 0.0454. The first-order chi connectivity index (χ1) is 14.5. The number of imidazole rings is 1. The number of nitrogens with one attached hydrogen (secondary N) is 2. The van der Waals surface area contributed by atoms with Crippen molar-refractivity contribution in [2.45, 2.75) is 53.2 Å². The lowest BCUT2D eigenvalue weighted by Crippen LogP contribution is -2.45. The average molecular weight is 411 g/mol. The van der Waals surface area contributed by atoms with Gasteiger partial charge in [0.2, 0.25) is 5.91 Å². The van der Waals surface area contributed by atoms with E-state index >= 15 is 0 Å². The molecule has 1 aromatic carbocycles. The van der Waals surface area contributed by atoms with Crippen LogP contribution in [-0.2, 0) is 17.9 Å². The molecule has 1 aliphatic heterocycles. The molecule has 7 nitrogen and oxygen atoms in total. The van der Waals surface area contributed by atoms with Crippen LogP contribution in [0.5, 0.6) is 0 Å².